The normalized spacial score (nSPS) is 23.9. The van der Waals surface area contributed by atoms with Crippen molar-refractivity contribution in [3.05, 3.63) is 60.2 Å². The van der Waals surface area contributed by atoms with Crippen molar-refractivity contribution in [1.82, 2.24) is 19.8 Å². The molecule has 1 atom stereocenters. The molecular formula is C20H24N4O. The van der Waals surface area contributed by atoms with E-state index in [0.29, 0.717) is 0 Å². The highest BCUT2D eigenvalue weighted by molar-refractivity contribution is 5.94. The second-order valence-corrected chi connectivity index (χ2v) is 7.35. The van der Waals surface area contributed by atoms with Crippen LogP contribution in [0.2, 0.25) is 0 Å². The van der Waals surface area contributed by atoms with Gasteiger partial charge in [-0.15, -0.1) is 0 Å². The zero-order chi connectivity index (χ0) is 17.1. The minimum Gasteiger partial charge on any atom is -0.338 e. The zero-order valence-electron chi connectivity index (χ0n) is 14.5. The van der Waals surface area contributed by atoms with Crippen LogP contribution in [0.15, 0.2) is 48.9 Å². The molecule has 4 heterocycles. The Labute approximate surface area is 148 Å². The van der Waals surface area contributed by atoms with Crippen molar-refractivity contribution in [3.63, 3.8) is 0 Å². The van der Waals surface area contributed by atoms with Crippen molar-refractivity contribution in [2.75, 3.05) is 26.2 Å². The molecule has 1 unspecified atom stereocenters. The van der Waals surface area contributed by atoms with Crippen molar-refractivity contribution in [3.8, 4) is 0 Å². The second kappa shape index (κ2) is 6.92. The maximum absolute atomic E-state index is 12.7. The quantitative estimate of drug-likeness (QED) is 0.864. The summed E-state index contributed by atoms with van der Waals surface area (Å²) in [5.74, 6) is 0.140. The van der Waals surface area contributed by atoms with E-state index in [1.807, 2.05) is 35.4 Å². The third-order valence-electron chi connectivity index (χ3n) is 5.51. The molecule has 2 aliphatic heterocycles. The lowest BCUT2D eigenvalue weighted by Crippen LogP contribution is -2.45. The molecule has 2 aromatic heterocycles. The summed E-state index contributed by atoms with van der Waals surface area (Å²) < 4.78 is 0. The van der Waals surface area contributed by atoms with Crippen LogP contribution >= 0.6 is 0 Å². The number of likely N-dealkylation sites (tertiary alicyclic amines) is 2. The van der Waals surface area contributed by atoms with Crippen LogP contribution in [0.1, 0.15) is 35.3 Å². The predicted octanol–water partition coefficient (Wildman–Crippen LogP) is 2.60. The van der Waals surface area contributed by atoms with Gasteiger partial charge in [-0.3, -0.25) is 19.7 Å². The maximum Gasteiger partial charge on any atom is 0.253 e. The van der Waals surface area contributed by atoms with E-state index in [1.54, 1.807) is 12.4 Å². The molecule has 0 N–H and O–H groups in total. The summed E-state index contributed by atoms with van der Waals surface area (Å²) in [5.41, 5.74) is 2.12. The van der Waals surface area contributed by atoms with Crippen LogP contribution in [0.25, 0.3) is 0 Å². The van der Waals surface area contributed by atoms with E-state index in [0.717, 1.165) is 50.4 Å². The van der Waals surface area contributed by atoms with E-state index in [9.17, 15) is 4.79 Å². The Morgan fingerprint density at radius 2 is 1.92 bits per heavy atom. The molecule has 2 aliphatic rings. The van der Waals surface area contributed by atoms with Gasteiger partial charge in [-0.2, -0.15) is 0 Å². The van der Waals surface area contributed by atoms with Gasteiger partial charge in [0.2, 0.25) is 0 Å². The van der Waals surface area contributed by atoms with Crippen LogP contribution in [0.3, 0.4) is 0 Å². The molecule has 1 spiro atoms. The number of piperidine rings is 1. The fourth-order valence-corrected chi connectivity index (χ4v) is 4.28. The van der Waals surface area contributed by atoms with Crippen molar-refractivity contribution in [1.29, 1.82) is 0 Å². The van der Waals surface area contributed by atoms with Crippen molar-refractivity contribution < 1.29 is 4.79 Å². The van der Waals surface area contributed by atoms with Crippen LogP contribution in [0.5, 0.6) is 0 Å². The van der Waals surface area contributed by atoms with Gasteiger partial charge in [-0.1, -0.05) is 6.07 Å². The topological polar surface area (TPSA) is 49.3 Å². The molecule has 4 rings (SSSR count). The Morgan fingerprint density at radius 3 is 2.72 bits per heavy atom. The van der Waals surface area contributed by atoms with E-state index in [2.05, 4.69) is 20.9 Å². The molecule has 25 heavy (non-hydrogen) atoms. The van der Waals surface area contributed by atoms with E-state index in [1.165, 1.54) is 12.8 Å². The number of amides is 1. The summed E-state index contributed by atoms with van der Waals surface area (Å²) >= 11 is 0. The highest BCUT2D eigenvalue weighted by atomic mass is 16.2. The molecule has 2 fully saturated rings. The summed E-state index contributed by atoms with van der Waals surface area (Å²) in [6, 6.07) is 9.71. The first-order valence-corrected chi connectivity index (χ1v) is 9.06. The number of nitrogens with zero attached hydrogens (tertiary/aromatic N) is 4. The van der Waals surface area contributed by atoms with E-state index < -0.39 is 0 Å². The Bertz CT molecular complexity index is 721. The molecule has 0 saturated carbocycles. The van der Waals surface area contributed by atoms with Gasteiger partial charge in [0.1, 0.15) is 0 Å². The van der Waals surface area contributed by atoms with Crippen LogP contribution in [0, 0.1) is 5.41 Å². The molecule has 2 aromatic rings. The average Bonchev–Trinajstić information content (AvgIpc) is 3.06. The Hall–Kier alpha value is -2.27. The number of aromatic nitrogens is 2. The number of pyridine rings is 2. The number of carbonyl (C=O) groups excluding carboxylic acids is 1. The second-order valence-electron chi connectivity index (χ2n) is 7.35. The first-order chi connectivity index (χ1) is 12.2. The molecule has 1 amide bonds. The smallest absolute Gasteiger partial charge is 0.253 e. The standard InChI is InChI=1S/C20H24N4O/c25-19(17-5-10-21-11-6-17)24-13-8-20(16-24)7-3-12-23(15-20)14-18-4-1-2-9-22-18/h1-2,4-6,9-11H,3,7-8,12-16H2. The molecule has 5 heteroatoms. The van der Waals surface area contributed by atoms with Crippen LogP contribution < -0.4 is 0 Å². The molecule has 0 aromatic carbocycles. The van der Waals surface area contributed by atoms with Gasteiger partial charge >= 0.3 is 0 Å². The van der Waals surface area contributed by atoms with Gasteiger partial charge in [0.15, 0.2) is 0 Å². The third kappa shape index (κ3) is 3.56. The molecule has 0 aliphatic carbocycles. The van der Waals surface area contributed by atoms with E-state index in [4.69, 9.17) is 0 Å². The van der Waals surface area contributed by atoms with Gasteiger partial charge in [0.25, 0.3) is 5.91 Å². The lowest BCUT2D eigenvalue weighted by molar-refractivity contribution is 0.0672. The van der Waals surface area contributed by atoms with Crippen LogP contribution in [-0.2, 0) is 6.54 Å². The Morgan fingerprint density at radius 1 is 1.04 bits per heavy atom. The summed E-state index contributed by atoms with van der Waals surface area (Å²) in [6.07, 6.45) is 8.75. The molecule has 0 radical (unpaired) electrons. The lowest BCUT2D eigenvalue weighted by Gasteiger charge is -2.40. The Balaban J connectivity index is 1.41. The van der Waals surface area contributed by atoms with Crippen molar-refractivity contribution >= 4 is 5.91 Å². The number of hydrogen-bond donors (Lipinski definition) is 0. The van der Waals surface area contributed by atoms with Crippen molar-refractivity contribution in [2.45, 2.75) is 25.8 Å². The van der Waals surface area contributed by atoms with Gasteiger partial charge in [0.05, 0.1) is 5.69 Å². The summed E-state index contributed by atoms with van der Waals surface area (Å²) in [5, 5.41) is 0. The number of rotatable bonds is 3. The monoisotopic (exact) mass is 336 g/mol. The van der Waals surface area contributed by atoms with Gasteiger partial charge in [-0.05, 0) is 50.1 Å². The van der Waals surface area contributed by atoms with Crippen molar-refractivity contribution in [2.24, 2.45) is 5.41 Å². The average molecular weight is 336 g/mol. The van der Waals surface area contributed by atoms with E-state index in [-0.39, 0.29) is 11.3 Å². The minimum absolute atomic E-state index is 0.140. The van der Waals surface area contributed by atoms with E-state index >= 15 is 0 Å². The molecular weight excluding hydrogens is 312 g/mol. The first kappa shape index (κ1) is 16.2. The fraction of sp³-hybridized carbons (Fsp3) is 0.450. The fourth-order valence-electron chi connectivity index (χ4n) is 4.28. The van der Waals surface area contributed by atoms with Gasteiger partial charge in [0, 0.05) is 55.7 Å². The lowest BCUT2D eigenvalue weighted by atomic mass is 9.79. The zero-order valence-corrected chi connectivity index (χ0v) is 14.5. The molecule has 130 valence electrons. The molecule has 2 saturated heterocycles. The number of carbonyl (C=O) groups is 1. The summed E-state index contributed by atoms with van der Waals surface area (Å²) in [7, 11) is 0. The molecule has 0 bridgehead atoms. The molecule has 5 nitrogen and oxygen atoms in total. The highest BCUT2D eigenvalue weighted by Gasteiger charge is 2.42. The SMILES string of the molecule is O=C(c1ccncc1)N1CCC2(CCCN(Cc3ccccn3)C2)C1. The van der Waals surface area contributed by atoms with Gasteiger partial charge < -0.3 is 4.90 Å². The largest absolute Gasteiger partial charge is 0.338 e. The highest BCUT2D eigenvalue weighted by Crippen LogP contribution is 2.39. The predicted molar refractivity (Wildman–Crippen MR) is 95.9 cm³/mol. The van der Waals surface area contributed by atoms with Gasteiger partial charge in [-0.25, -0.2) is 0 Å². The summed E-state index contributed by atoms with van der Waals surface area (Å²) in [4.78, 5) is 25.7. The Kier molecular flexibility index (Phi) is 4.49. The summed E-state index contributed by atoms with van der Waals surface area (Å²) in [6.45, 7) is 4.81. The first-order valence-electron chi connectivity index (χ1n) is 9.06. The third-order valence-corrected chi connectivity index (χ3v) is 5.51. The van der Waals surface area contributed by atoms with Crippen LogP contribution in [-0.4, -0.2) is 51.9 Å². The maximum atomic E-state index is 12.7. The van der Waals surface area contributed by atoms with Crippen LogP contribution in [0.4, 0.5) is 0 Å². The number of hydrogen-bond acceptors (Lipinski definition) is 4. The minimum atomic E-state index is 0.140.